The van der Waals surface area contributed by atoms with Crippen LogP contribution in [0.15, 0.2) is 17.2 Å². The molecule has 13 nitrogen and oxygen atoms in total. The first kappa shape index (κ1) is 25.7. The summed E-state index contributed by atoms with van der Waals surface area (Å²) >= 11 is 5.98. The minimum Gasteiger partial charge on any atom is -0.504 e. The van der Waals surface area contributed by atoms with E-state index < -0.39 is 67.1 Å². The quantitative estimate of drug-likeness (QED) is 0.170. The van der Waals surface area contributed by atoms with Gasteiger partial charge < -0.3 is 25.1 Å². The van der Waals surface area contributed by atoms with Gasteiger partial charge in [0, 0.05) is 19.3 Å². The zero-order valence-corrected chi connectivity index (χ0v) is 20.5. The molecule has 194 valence electrons. The number of hydrazone groups is 1. The number of carboxylic acids is 1. The number of carbonyl (C=O) groups is 4. The predicted molar refractivity (Wildman–Crippen MR) is 124 cm³/mol. The van der Waals surface area contributed by atoms with Gasteiger partial charge in [-0.1, -0.05) is 11.6 Å². The standard InChI is InChI=1S/C21H23ClN4O9S/c1-21(17(20(32)33)26-13(28)7-14(26)36(21,34)35)9-23-24-18(30)10-3-2-6-25(8-10)19(31)11-4-5-12(27)16(29)15(11)22/h4-5,9-10,14,17,27,29H,2-3,6-8H2,1H3,(H,24,30)(H,32,33)/b23-9+/t10?,14-,17+,21+/m1/s1. The van der Waals surface area contributed by atoms with Crippen LogP contribution < -0.4 is 5.43 Å². The molecule has 3 heterocycles. The van der Waals surface area contributed by atoms with E-state index in [1.54, 1.807) is 0 Å². The Balaban J connectivity index is 1.46. The molecule has 3 aliphatic heterocycles. The van der Waals surface area contributed by atoms with Crippen molar-refractivity contribution >= 4 is 51.3 Å². The molecule has 3 aliphatic rings. The number of fused-ring (bicyclic) bond motifs is 1. The fraction of sp³-hybridized carbons (Fsp3) is 0.476. The molecule has 1 aromatic rings. The molecule has 0 radical (unpaired) electrons. The highest BCUT2D eigenvalue weighted by Gasteiger charge is 2.69. The fourth-order valence-electron chi connectivity index (χ4n) is 4.78. The number of carbonyl (C=O) groups excluding carboxylic acids is 3. The third-order valence-electron chi connectivity index (χ3n) is 6.87. The highest BCUT2D eigenvalue weighted by molar-refractivity contribution is 7.94. The number of piperidine rings is 1. The van der Waals surface area contributed by atoms with Gasteiger partial charge in [-0.3, -0.25) is 14.4 Å². The summed E-state index contributed by atoms with van der Waals surface area (Å²) in [5, 5.41) is 31.0. The summed E-state index contributed by atoms with van der Waals surface area (Å²) in [7, 11) is -4.12. The number of nitrogens with zero attached hydrogens (tertiary/aromatic N) is 3. The van der Waals surface area contributed by atoms with Crippen LogP contribution in [-0.4, -0.2) is 92.7 Å². The van der Waals surface area contributed by atoms with Crippen molar-refractivity contribution in [2.45, 2.75) is 42.3 Å². The lowest BCUT2D eigenvalue weighted by Crippen LogP contribution is -2.57. The number of sulfone groups is 1. The number of phenolic OH excluding ortho intramolecular Hbond substituents is 2. The highest BCUT2D eigenvalue weighted by atomic mass is 35.5. The van der Waals surface area contributed by atoms with E-state index in [0.717, 1.165) is 24.1 Å². The molecule has 4 N–H and O–H groups in total. The van der Waals surface area contributed by atoms with E-state index in [1.807, 2.05) is 0 Å². The molecule has 0 aromatic heterocycles. The number of hydrogen-bond acceptors (Lipinski definition) is 9. The number of likely N-dealkylation sites (tertiary alicyclic amines) is 1. The lowest BCUT2D eigenvalue weighted by atomic mass is 9.96. The Morgan fingerprint density at radius 3 is 2.61 bits per heavy atom. The zero-order valence-electron chi connectivity index (χ0n) is 18.9. The summed E-state index contributed by atoms with van der Waals surface area (Å²) in [6, 6.07) is 0.697. The monoisotopic (exact) mass is 542 g/mol. The second-order valence-corrected chi connectivity index (χ2v) is 11.9. The van der Waals surface area contributed by atoms with Crippen molar-refractivity contribution in [2.75, 3.05) is 13.1 Å². The normalized spacial score (nSPS) is 29.1. The predicted octanol–water partition coefficient (Wildman–Crippen LogP) is -0.0959. The third-order valence-corrected chi connectivity index (χ3v) is 9.92. The molecule has 1 unspecified atom stereocenters. The Bertz CT molecular complexity index is 1300. The summed E-state index contributed by atoms with van der Waals surface area (Å²) in [4.78, 5) is 51.4. The number of benzene rings is 1. The maximum atomic E-state index is 12.9. The largest absolute Gasteiger partial charge is 0.504 e. The van der Waals surface area contributed by atoms with Crippen molar-refractivity contribution in [3.8, 4) is 11.5 Å². The Morgan fingerprint density at radius 1 is 1.28 bits per heavy atom. The van der Waals surface area contributed by atoms with E-state index in [9.17, 15) is 42.9 Å². The average Bonchev–Trinajstić information content (AvgIpc) is 2.97. The molecule has 15 heteroatoms. The van der Waals surface area contributed by atoms with Crippen molar-refractivity contribution in [3.63, 3.8) is 0 Å². The smallest absolute Gasteiger partial charge is 0.328 e. The number of hydrogen-bond donors (Lipinski definition) is 4. The highest BCUT2D eigenvalue weighted by Crippen LogP contribution is 2.45. The molecule has 4 atom stereocenters. The maximum absolute atomic E-state index is 12.9. The van der Waals surface area contributed by atoms with Crippen LogP contribution in [0.4, 0.5) is 0 Å². The number of amides is 3. The number of β-lactam (4-membered cyclic amide) rings is 1. The van der Waals surface area contributed by atoms with Gasteiger partial charge in [-0.2, -0.15) is 5.10 Å². The number of halogens is 1. The zero-order chi connectivity index (χ0) is 26.6. The van der Waals surface area contributed by atoms with Crippen LogP contribution in [0.3, 0.4) is 0 Å². The third kappa shape index (κ3) is 3.84. The van der Waals surface area contributed by atoms with E-state index in [0.29, 0.717) is 19.4 Å². The fourth-order valence-corrected chi connectivity index (χ4v) is 7.24. The molecule has 4 rings (SSSR count). The van der Waals surface area contributed by atoms with Gasteiger partial charge in [0.1, 0.15) is 10.1 Å². The van der Waals surface area contributed by atoms with Gasteiger partial charge in [0.15, 0.2) is 27.4 Å². The summed E-state index contributed by atoms with van der Waals surface area (Å²) in [5.41, 5.74) is 2.17. The first-order chi connectivity index (χ1) is 16.8. The number of carboxylic acid groups (broad SMARTS) is 1. The van der Waals surface area contributed by atoms with Crippen LogP contribution in [0.5, 0.6) is 11.5 Å². The lowest BCUT2D eigenvalue weighted by Gasteiger charge is -2.35. The molecule has 3 amide bonds. The van der Waals surface area contributed by atoms with Crippen LogP contribution in [0.2, 0.25) is 5.02 Å². The van der Waals surface area contributed by atoms with E-state index in [2.05, 4.69) is 10.5 Å². The number of aliphatic carboxylic acids is 1. The second kappa shape index (κ2) is 8.92. The first-order valence-corrected chi connectivity index (χ1v) is 12.8. The molecule has 0 spiro atoms. The van der Waals surface area contributed by atoms with Gasteiger partial charge in [0.05, 0.1) is 22.9 Å². The van der Waals surface area contributed by atoms with Crippen molar-refractivity contribution < 1.29 is 42.9 Å². The van der Waals surface area contributed by atoms with Crippen molar-refractivity contribution in [1.29, 1.82) is 0 Å². The van der Waals surface area contributed by atoms with Crippen LogP contribution in [0.1, 0.15) is 36.5 Å². The molecule has 36 heavy (non-hydrogen) atoms. The molecule has 0 bridgehead atoms. The first-order valence-electron chi connectivity index (χ1n) is 10.9. The van der Waals surface area contributed by atoms with E-state index in [1.165, 1.54) is 11.0 Å². The molecule has 3 fully saturated rings. The summed E-state index contributed by atoms with van der Waals surface area (Å²) in [6.45, 7) is 1.43. The van der Waals surface area contributed by atoms with Crippen LogP contribution >= 0.6 is 11.6 Å². The summed E-state index contributed by atoms with van der Waals surface area (Å²) < 4.78 is 23.7. The van der Waals surface area contributed by atoms with Gasteiger partial charge in [-0.25, -0.2) is 18.6 Å². The van der Waals surface area contributed by atoms with Gasteiger partial charge in [0.2, 0.25) is 11.8 Å². The summed E-state index contributed by atoms with van der Waals surface area (Å²) in [5.74, 6) is -5.10. The lowest BCUT2D eigenvalue weighted by molar-refractivity contribution is -0.156. The van der Waals surface area contributed by atoms with Gasteiger partial charge in [-0.05, 0) is 31.9 Å². The van der Waals surface area contributed by atoms with Gasteiger partial charge >= 0.3 is 5.97 Å². The van der Waals surface area contributed by atoms with Crippen molar-refractivity contribution in [3.05, 3.63) is 22.7 Å². The van der Waals surface area contributed by atoms with Crippen molar-refractivity contribution in [1.82, 2.24) is 15.2 Å². The average molecular weight is 543 g/mol. The molecule has 0 aliphatic carbocycles. The number of aromatic hydroxyl groups is 2. The Morgan fingerprint density at radius 2 is 1.97 bits per heavy atom. The molecule has 3 saturated heterocycles. The SMILES string of the molecule is C[C@]1(/C=N/NC(=O)C2CCCN(C(=O)c3ccc(O)c(O)c3Cl)C2)[C@H](C(=O)O)N2C(=O)C[C@H]2S1(=O)=O. The molecule has 1 aromatic carbocycles. The van der Waals surface area contributed by atoms with Crippen molar-refractivity contribution in [2.24, 2.45) is 11.0 Å². The second-order valence-electron chi connectivity index (χ2n) is 9.05. The van der Waals surface area contributed by atoms with E-state index in [4.69, 9.17) is 11.6 Å². The van der Waals surface area contributed by atoms with Gasteiger partial charge in [0.25, 0.3) is 5.91 Å². The molecule has 0 saturated carbocycles. The Kier molecular flexibility index (Phi) is 6.37. The minimum atomic E-state index is -4.12. The van der Waals surface area contributed by atoms with Crippen LogP contribution in [0, 0.1) is 5.92 Å². The minimum absolute atomic E-state index is 0.0180. The van der Waals surface area contributed by atoms with E-state index in [-0.39, 0.29) is 23.6 Å². The van der Waals surface area contributed by atoms with Gasteiger partial charge in [-0.15, -0.1) is 0 Å². The molecular weight excluding hydrogens is 520 g/mol. The van der Waals surface area contributed by atoms with Crippen LogP contribution in [-0.2, 0) is 24.2 Å². The number of nitrogens with one attached hydrogen (secondary N) is 1. The Labute approximate surface area is 210 Å². The summed E-state index contributed by atoms with van der Waals surface area (Å²) in [6.07, 6.45) is 1.38. The van der Waals surface area contributed by atoms with Crippen LogP contribution in [0.25, 0.3) is 0 Å². The Hall–Kier alpha value is -3.39. The number of phenols is 2. The van der Waals surface area contributed by atoms with E-state index >= 15 is 0 Å². The maximum Gasteiger partial charge on any atom is 0.328 e. The molecular formula is C21H23ClN4O9S. The number of rotatable bonds is 5. The topological polar surface area (TPSA) is 194 Å².